The number of benzene rings is 3. The Hall–Kier alpha value is -5.18. The van der Waals surface area contributed by atoms with Crippen LogP contribution in [0, 0.1) is 6.92 Å². The Morgan fingerprint density at radius 1 is 1.11 bits per heavy atom. The van der Waals surface area contributed by atoms with Crippen LogP contribution in [0.15, 0.2) is 66.9 Å². The number of aromatic nitrogens is 5. The largest absolute Gasteiger partial charge is 0.465 e. The Bertz CT molecular complexity index is 2140. The summed E-state index contributed by atoms with van der Waals surface area (Å²) >= 11 is 0. The van der Waals surface area contributed by atoms with Gasteiger partial charge in [0.15, 0.2) is 0 Å². The zero-order chi connectivity index (χ0) is 31.4. The third-order valence-electron chi connectivity index (χ3n) is 9.18. The summed E-state index contributed by atoms with van der Waals surface area (Å²) in [6.45, 7) is 6.37. The number of rotatable bonds is 6. The maximum Gasteiger partial charge on any atom is 0.407 e. The van der Waals surface area contributed by atoms with Crippen LogP contribution in [0.3, 0.4) is 0 Å². The Balaban J connectivity index is 1.35. The molecule has 0 saturated carbocycles. The van der Waals surface area contributed by atoms with Gasteiger partial charge in [-0.05, 0) is 59.7 Å². The molecule has 1 atom stereocenters. The topological polar surface area (TPSA) is 125 Å². The number of para-hydroxylation sites is 1. The summed E-state index contributed by atoms with van der Waals surface area (Å²) in [5, 5.41) is 11.7. The number of nitrogens with two attached hydrogens (primary N) is 1. The summed E-state index contributed by atoms with van der Waals surface area (Å²) in [5.41, 5.74) is 15.8. The molecule has 1 aliphatic carbocycles. The molecule has 3 aromatic carbocycles. The lowest BCUT2D eigenvalue weighted by molar-refractivity contribution is 0.135. The minimum absolute atomic E-state index is 0.0418. The summed E-state index contributed by atoms with van der Waals surface area (Å²) < 4.78 is 2.18. The number of carboxylic acid groups (broad SMARTS) is 1. The number of nitrogens with one attached hydrogen (secondary N) is 1. The van der Waals surface area contributed by atoms with E-state index in [-0.39, 0.29) is 12.0 Å². The van der Waals surface area contributed by atoms with E-state index in [1.807, 2.05) is 6.20 Å². The smallest absolute Gasteiger partial charge is 0.407 e. The van der Waals surface area contributed by atoms with E-state index in [2.05, 4.69) is 95.8 Å². The zero-order valence-electron chi connectivity index (χ0n) is 26.0. The molecular formula is C36H37N7O2. The van der Waals surface area contributed by atoms with Crippen molar-refractivity contribution >= 4 is 44.8 Å². The summed E-state index contributed by atoms with van der Waals surface area (Å²) in [5.74, 6) is 2.41. The fraction of sp³-hybridized carbons (Fsp3) is 0.278. The summed E-state index contributed by atoms with van der Waals surface area (Å²) in [7, 11) is 1.64. The third-order valence-corrected chi connectivity index (χ3v) is 9.18. The van der Waals surface area contributed by atoms with E-state index in [0.29, 0.717) is 18.7 Å². The van der Waals surface area contributed by atoms with Gasteiger partial charge < -0.3 is 20.7 Å². The third kappa shape index (κ3) is 4.88. The monoisotopic (exact) mass is 599 g/mol. The number of nitrogen functional groups attached to an aromatic ring is 1. The van der Waals surface area contributed by atoms with Gasteiger partial charge in [0.1, 0.15) is 28.7 Å². The van der Waals surface area contributed by atoms with Crippen LogP contribution in [-0.2, 0) is 6.42 Å². The molecule has 1 aliphatic rings. The number of nitrogens with zero attached hydrogens (tertiary/aromatic N) is 5. The summed E-state index contributed by atoms with van der Waals surface area (Å²) in [6.07, 6.45) is 5.90. The van der Waals surface area contributed by atoms with Crippen molar-refractivity contribution in [3.05, 3.63) is 95.3 Å². The fourth-order valence-corrected chi connectivity index (χ4v) is 6.74. The van der Waals surface area contributed by atoms with Crippen LogP contribution in [0.1, 0.15) is 67.5 Å². The van der Waals surface area contributed by atoms with Crippen LogP contribution in [0.25, 0.3) is 44.2 Å². The first-order valence-corrected chi connectivity index (χ1v) is 15.5. The number of amides is 1. The maximum atomic E-state index is 11.5. The first kappa shape index (κ1) is 28.6. The number of aryl methyl sites for hydroxylation is 1. The Labute approximate surface area is 261 Å². The van der Waals surface area contributed by atoms with Gasteiger partial charge in [-0.15, -0.1) is 0 Å². The molecule has 0 spiro atoms. The summed E-state index contributed by atoms with van der Waals surface area (Å²) in [4.78, 5) is 31.3. The number of H-pyrrole nitrogens is 1. The van der Waals surface area contributed by atoms with Gasteiger partial charge in [-0.25, -0.2) is 19.7 Å². The van der Waals surface area contributed by atoms with Gasteiger partial charge in [-0.3, -0.25) is 4.40 Å². The fourth-order valence-electron chi connectivity index (χ4n) is 6.74. The molecule has 0 radical (unpaired) electrons. The van der Waals surface area contributed by atoms with Gasteiger partial charge in [-0.2, -0.15) is 0 Å². The molecular weight excluding hydrogens is 562 g/mol. The van der Waals surface area contributed by atoms with Crippen LogP contribution in [0.2, 0.25) is 0 Å². The molecule has 3 heterocycles. The molecule has 0 aliphatic heterocycles. The molecule has 1 amide bonds. The summed E-state index contributed by atoms with van der Waals surface area (Å²) in [6, 6.07) is 18.9. The number of anilines is 1. The van der Waals surface area contributed by atoms with E-state index in [4.69, 9.17) is 15.7 Å². The highest BCUT2D eigenvalue weighted by Gasteiger charge is 2.27. The maximum absolute atomic E-state index is 11.5. The molecule has 1 unspecified atom stereocenters. The highest BCUT2D eigenvalue weighted by Crippen LogP contribution is 2.39. The van der Waals surface area contributed by atoms with Crippen molar-refractivity contribution in [1.82, 2.24) is 29.2 Å². The van der Waals surface area contributed by atoms with Crippen LogP contribution in [0.5, 0.6) is 0 Å². The standard InChI is InChI=1S/C36H37N7O2/c1-20(2)35-41-32(33-34(37)38-19-29(43(33)35)22-12-15-24(16-13-22)42(4)36(44)45)27-17-14-23(25-9-5-6-10-26(25)27)18-30-39-28-11-7-8-21(3)31(28)40-30/h5-12,14,17,19-20,24H,13,15-16,18H2,1-4H3,(H2,37,38)(H,39,40)(H,44,45). The van der Waals surface area contributed by atoms with Gasteiger partial charge >= 0.3 is 6.09 Å². The number of fused-ring (bicyclic) bond motifs is 3. The van der Waals surface area contributed by atoms with Crippen molar-refractivity contribution in [3.8, 4) is 11.3 Å². The number of aromatic amines is 1. The van der Waals surface area contributed by atoms with Crippen molar-refractivity contribution in [3.63, 3.8) is 0 Å². The van der Waals surface area contributed by atoms with E-state index in [9.17, 15) is 9.90 Å². The van der Waals surface area contributed by atoms with Crippen LogP contribution < -0.4 is 5.73 Å². The van der Waals surface area contributed by atoms with Crippen LogP contribution in [-0.4, -0.2) is 53.5 Å². The highest BCUT2D eigenvalue weighted by atomic mass is 16.4. The lowest BCUT2D eigenvalue weighted by Crippen LogP contribution is -2.36. The number of imidazole rings is 2. The van der Waals surface area contributed by atoms with Crippen molar-refractivity contribution in [2.45, 2.75) is 58.4 Å². The quantitative estimate of drug-likeness (QED) is 0.181. The van der Waals surface area contributed by atoms with E-state index < -0.39 is 6.09 Å². The predicted molar refractivity (Wildman–Crippen MR) is 179 cm³/mol. The van der Waals surface area contributed by atoms with E-state index in [1.165, 1.54) is 10.5 Å². The second kappa shape index (κ2) is 11.1. The molecule has 228 valence electrons. The minimum atomic E-state index is -0.902. The molecule has 0 fully saturated rings. The van der Waals surface area contributed by atoms with E-state index >= 15 is 0 Å². The van der Waals surface area contributed by atoms with Crippen LogP contribution in [0.4, 0.5) is 10.6 Å². The van der Waals surface area contributed by atoms with Crippen molar-refractivity contribution in [2.75, 3.05) is 12.8 Å². The van der Waals surface area contributed by atoms with Gasteiger partial charge in [0.25, 0.3) is 0 Å². The average Bonchev–Trinajstić information content (AvgIpc) is 3.65. The Morgan fingerprint density at radius 2 is 1.91 bits per heavy atom. The molecule has 45 heavy (non-hydrogen) atoms. The Kier molecular flexibility index (Phi) is 7.03. The second-order valence-corrected chi connectivity index (χ2v) is 12.4. The number of hydrogen-bond acceptors (Lipinski definition) is 5. The normalized spacial score (nSPS) is 15.3. The van der Waals surface area contributed by atoms with Gasteiger partial charge in [-0.1, -0.05) is 68.5 Å². The van der Waals surface area contributed by atoms with Crippen molar-refractivity contribution < 1.29 is 9.90 Å². The lowest BCUT2D eigenvalue weighted by atomic mass is 9.92. The number of carbonyl (C=O) groups is 1. The first-order valence-electron chi connectivity index (χ1n) is 15.5. The van der Waals surface area contributed by atoms with Crippen molar-refractivity contribution in [1.29, 1.82) is 0 Å². The molecule has 0 saturated heterocycles. The number of allylic oxidation sites excluding steroid dienone is 1. The highest BCUT2D eigenvalue weighted by molar-refractivity contribution is 6.02. The van der Waals surface area contributed by atoms with Gasteiger partial charge in [0.2, 0.25) is 0 Å². The molecule has 7 rings (SSSR count). The Morgan fingerprint density at radius 3 is 2.62 bits per heavy atom. The first-order chi connectivity index (χ1) is 21.7. The molecule has 6 aromatic rings. The van der Waals surface area contributed by atoms with Crippen LogP contribution >= 0.6 is 0 Å². The molecule has 9 heteroatoms. The van der Waals surface area contributed by atoms with E-state index in [1.54, 1.807) is 7.05 Å². The van der Waals surface area contributed by atoms with E-state index in [0.717, 1.165) is 79.9 Å². The number of hydrogen-bond donors (Lipinski definition) is 3. The van der Waals surface area contributed by atoms with Gasteiger partial charge in [0.05, 0.1) is 22.9 Å². The SMILES string of the molecule is Cc1cccc2[nH]c(Cc3ccc(-c4nc(C(C)C)n5c(C6=CCC(N(C)C(=O)O)CC6)cnc(N)c45)c4ccccc34)nc12. The predicted octanol–water partition coefficient (Wildman–Crippen LogP) is 7.58. The zero-order valence-corrected chi connectivity index (χ0v) is 26.0. The van der Waals surface area contributed by atoms with Crippen molar-refractivity contribution in [2.24, 2.45) is 0 Å². The minimum Gasteiger partial charge on any atom is -0.465 e. The lowest BCUT2D eigenvalue weighted by Gasteiger charge is -2.29. The second-order valence-electron chi connectivity index (χ2n) is 12.4. The average molecular weight is 600 g/mol. The molecule has 4 N–H and O–H groups in total. The molecule has 9 nitrogen and oxygen atoms in total. The molecule has 3 aromatic heterocycles. The molecule has 0 bridgehead atoms. The van der Waals surface area contributed by atoms with Gasteiger partial charge in [0, 0.05) is 31.0 Å².